The first-order chi connectivity index (χ1) is 19.3. The van der Waals surface area contributed by atoms with E-state index in [2.05, 4.69) is 5.32 Å². The Labute approximate surface area is 243 Å². The van der Waals surface area contributed by atoms with Crippen LogP contribution in [-0.2, 0) is 32.3 Å². The maximum Gasteiger partial charge on any atom is 0.416 e. The van der Waals surface area contributed by atoms with E-state index in [4.69, 9.17) is 11.6 Å². The van der Waals surface area contributed by atoms with Crippen LogP contribution >= 0.6 is 11.6 Å². The third-order valence-electron chi connectivity index (χ3n) is 6.54. The summed E-state index contributed by atoms with van der Waals surface area (Å²) in [7, 11) is -4.50. The molecule has 0 radical (unpaired) electrons. The van der Waals surface area contributed by atoms with E-state index in [9.17, 15) is 31.2 Å². The number of carbonyl (C=O) groups is 2. The van der Waals surface area contributed by atoms with Crippen LogP contribution in [0.5, 0.6) is 0 Å². The fourth-order valence-corrected chi connectivity index (χ4v) is 5.57. The first-order valence-electron chi connectivity index (χ1n) is 12.8. The van der Waals surface area contributed by atoms with Crippen LogP contribution in [0.25, 0.3) is 0 Å². The molecule has 0 aliphatic carbocycles. The second-order valence-corrected chi connectivity index (χ2v) is 11.7. The van der Waals surface area contributed by atoms with Gasteiger partial charge in [0.25, 0.3) is 10.0 Å². The van der Waals surface area contributed by atoms with Gasteiger partial charge in [-0.1, -0.05) is 61.0 Å². The van der Waals surface area contributed by atoms with Crippen molar-refractivity contribution in [1.82, 2.24) is 10.2 Å². The smallest absolute Gasteiger partial charge is 0.352 e. The van der Waals surface area contributed by atoms with Gasteiger partial charge in [0.1, 0.15) is 12.6 Å². The van der Waals surface area contributed by atoms with Crippen LogP contribution in [0.4, 0.5) is 18.9 Å². The van der Waals surface area contributed by atoms with Gasteiger partial charge in [0, 0.05) is 17.6 Å². The molecule has 12 heteroatoms. The summed E-state index contributed by atoms with van der Waals surface area (Å²) in [5.74, 6) is -1.29. The fourth-order valence-electron chi connectivity index (χ4n) is 3.94. The predicted octanol–water partition coefficient (Wildman–Crippen LogP) is 5.89. The van der Waals surface area contributed by atoms with Gasteiger partial charge in [-0.2, -0.15) is 13.2 Å². The molecular formula is C29H31ClF3N3O4S. The van der Waals surface area contributed by atoms with Gasteiger partial charge in [-0.3, -0.25) is 13.9 Å². The zero-order chi connectivity index (χ0) is 30.4. The van der Waals surface area contributed by atoms with Crippen LogP contribution < -0.4 is 9.62 Å². The van der Waals surface area contributed by atoms with Crippen molar-refractivity contribution in [3.63, 3.8) is 0 Å². The SMILES string of the molecule is CC[C@@H](C)NC(=O)[C@@H](C)N(Cc1ccccc1Cl)C(=O)CN(c1cccc(C(F)(F)F)c1)S(=O)(=O)c1ccccc1. The topological polar surface area (TPSA) is 86.8 Å². The van der Waals surface area contributed by atoms with Gasteiger partial charge >= 0.3 is 6.18 Å². The monoisotopic (exact) mass is 609 g/mol. The number of halogens is 4. The van der Waals surface area contributed by atoms with Crippen molar-refractivity contribution in [1.29, 1.82) is 0 Å². The van der Waals surface area contributed by atoms with E-state index in [0.29, 0.717) is 27.4 Å². The van der Waals surface area contributed by atoms with Gasteiger partial charge in [0.2, 0.25) is 11.8 Å². The van der Waals surface area contributed by atoms with Crippen molar-refractivity contribution < 1.29 is 31.2 Å². The normalized spacial score (nSPS) is 13.2. The molecular weight excluding hydrogens is 579 g/mol. The lowest BCUT2D eigenvalue weighted by Crippen LogP contribution is -2.52. The highest BCUT2D eigenvalue weighted by molar-refractivity contribution is 7.92. The average Bonchev–Trinajstić information content (AvgIpc) is 2.94. The molecule has 2 amide bonds. The first kappa shape index (κ1) is 32.0. The molecule has 1 N–H and O–H groups in total. The lowest BCUT2D eigenvalue weighted by molar-refractivity contribution is -0.139. The summed E-state index contributed by atoms with van der Waals surface area (Å²) in [6.07, 6.45) is -4.11. The van der Waals surface area contributed by atoms with E-state index in [1.54, 1.807) is 37.3 Å². The van der Waals surface area contributed by atoms with Crippen molar-refractivity contribution in [3.8, 4) is 0 Å². The minimum absolute atomic E-state index is 0.143. The number of benzene rings is 3. The Kier molecular flexibility index (Phi) is 10.4. The maximum atomic E-state index is 13.9. The highest BCUT2D eigenvalue weighted by Crippen LogP contribution is 2.33. The summed E-state index contributed by atoms with van der Waals surface area (Å²) in [5.41, 5.74) is -0.932. The van der Waals surface area contributed by atoms with E-state index >= 15 is 0 Å². The highest BCUT2D eigenvalue weighted by atomic mass is 35.5. The van der Waals surface area contributed by atoms with Gasteiger partial charge in [0.05, 0.1) is 16.1 Å². The molecule has 0 fully saturated rings. The molecule has 0 saturated carbocycles. The Bertz CT molecular complexity index is 1470. The zero-order valence-corrected chi connectivity index (χ0v) is 24.3. The molecule has 2 atom stereocenters. The van der Waals surface area contributed by atoms with E-state index in [1.807, 2.05) is 6.92 Å². The van der Waals surface area contributed by atoms with Crippen LogP contribution in [0.3, 0.4) is 0 Å². The predicted molar refractivity (Wildman–Crippen MR) is 152 cm³/mol. The van der Waals surface area contributed by atoms with Gasteiger partial charge in [-0.15, -0.1) is 0 Å². The summed E-state index contributed by atoms with van der Waals surface area (Å²) >= 11 is 6.33. The van der Waals surface area contributed by atoms with Crippen molar-refractivity contribution in [2.45, 2.75) is 56.9 Å². The molecule has 0 heterocycles. The standard InChI is InChI=1S/C29H31ClF3N3O4S/c1-4-20(2)34-28(38)21(3)35(18-22-11-8-9-16-26(22)30)27(37)19-36(41(39,40)25-14-6-5-7-15-25)24-13-10-12-23(17-24)29(31,32)33/h5-17,20-21H,4,18-19H2,1-3H3,(H,34,38)/t20-,21-/m1/s1. The minimum atomic E-state index is -4.75. The molecule has 3 aromatic rings. The highest BCUT2D eigenvalue weighted by Gasteiger charge is 2.35. The summed E-state index contributed by atoms with van der Waals surface area (Å²) < 4.78 is 68.7. The molecule has 0 aromatic heterocycles. The lowest BCUT2D eigenvalue weighted by Gasteiger charge is -2.32. The molecule has 220 valence electrons. The van der Waals surface area contributed by atoms with Crippen molar-refractivity contribution in [2.75, 3.05) is 10.8 Å². The first-order valence-corrected chi connectivity index (χ1v) is 14.7. The van der Waals surface area contributed by atoms with Crippen LogP contribution in [0.1, 0.15) is 38.3 Å². The van der Waals surface area contributed by atoms with Crippen LogP contribution in [0, 0.1) is 0 Å². The largest absolute Gasteiger partial charge is 0.416 e. The quantitative estimate of drug-likeness (QED) is 0.294. The summed E-state index contributed by atoms with van der Waals surface area (Å²) in [5, 5.41) is 3.13. The van der Waals surface area contributed by atoms with Crippen molar-refractivity contribution in [3.05, 3.63) is 95.0 Å². The number of anilines is 1. The molecule has 0 unspecified atom stereocenters. The zero-order valence-electron chi connectivity index (χ0n) is 22.7. The number of amides is 2. The van der Waals surface area contributed by atoms with Crippen molar-refractivity contribution in [2.24, 2.45) is 0 Å². The molecule has 7 nitrogen and oxygen atoms in total. The number of alkyl halides is 3. The number of hydrogen-bond donors (Lipinski definition) is 1. The number of nitrogens with zero attached hydrogens (tertiary/aromatic N) is 2. The van der Waals surface area contributed by atoms with Gasteiger partial charge in [0.15, 0.2) is 0 Å². The second-order valence-electron chi connectivity index (χ2n) is 9.48. The summed E-state index contributed by atoms with van der Waals surface area (Å²) in [6, 6.07) is 16.2. The van der Waals surface area contributed by atoms with Crippen molar-refractivity contribution >= 4 is 39.1 Å². The summed E-state index contributed by atoms with van der Waals surface area (Å²) in [4.78, 5) is 27.9. The fraction of sp³-hybridized carbons (Fsp3) is 0.310. The maximum absolute atomic E-state index is 13.9. The molecule has 3 aromatic carbocycles. The van der Waals surface area contributed by atoms with Gasteiger partial charge in [-0.25, -0.2) is 8.42 Å². The Morgan fingerprint density at radius 2 is 1.59 bits per heavy atom. The number of sulfonamides is 1. The van der Waals surface area contributed by atoms with E-state index in [1.165, 1.54) is 42.2 Å². The molecule has 0 saturated heterocycles. The third kappa shape index (κ3) is 8.01. The molecule has 41 heavy (non-hydrogen) atoms. The lowest BCUT2D eigenvalue weighted by atomic mass is 10.1. The Balaban J connectivity index is 2.08. The number of hydrogen-bond acceptors (Lipinski definition) is 4. The molecule has 3 rings (SSSR count). The Morgan fingerprint density at radius 3 is 2.20 bits per heavy atom. The molecule has 0 spiro atoms. The minimum Gasteiger partial charge on any atom is -0.352 e. The number of nitrogens with one attached hydrogen (secondary N) is 1. The average molecular weight is 610 g/mol. The van der Waals surface area contributed by atoms with Crippen LogP contribution in [0.2, 0.25) is 5.02 Å². The van der Waals surface area contributed by atoms with Gasteiger partial charge in [-0.05, 0) is 62.2 Å². The Morgan fingerprint density at radius 1 is 0.951 bits per heavy atom. The van der Waals surface area contributed by atoms with E-state index < -0.39 is 46.2 Å². The Hall–Kier alpha value is -3.57. The van der Waals surface area contributed by atoms with Gasteiger partial charge < -0.3 is 10.2 Å². The number of carbonyl (C=O) groups excluding carboxylic acids is 2. The third-order valence-corrected chi connectivity index (χ3v) is 8.70. The summed E-state index contributed by atoms with van der Waals surface area (Å²) in [6.45, 7) is 4.16. The van der Waals surface area contributed by atoms with Crippen LogP contribution in [0.15, 0.2) is 83.8 Å². The van der Waals surface area contributed by atoms with E-state index in [0.717, 1.165) is 12.1 Å². The molecule has 0 aliphatic rings. The second kappa shape index (κ2) is 13.4. The number of rotatable bonds is 11. The van der Waals surface area contributed by atoms with E-state index in [-0.39, 0.29) is 23.2 Å². The molecule has 0 aliphatic heterocycles. The molecule has 0 bridgehead atoms. The van der Waals surface area contributed by atoms with Crippen LogP contribution in [-0.4, -0.2) is 43.8 Å².